The predicted octanol–water partition coefficient (Wildman–Crippen LogP) is 3.55. The Hall–Kier alpha value is -3.03. The smallest absolute Gasteiger partial charge is 0.259 e. The molecule has 1 aliphatic heterocycles. The van der Waals surface area contributed by atoms with Crippen LogP contribution in [0.2, 0.25) is 0 Å². The van der Waals surface area contributed by atoms with Crippen LogP contribution in [0.3, 0.4) is 0 Å². The molecule has 0 atom stereocenters. The lowest BCUT2D eigenvalue weighted by Gasteiger charge is -2.25. The number of primary amides is 1. The molecule has 2 aromatic rings. The maximum absolute atomic E-state index is 13.9. The fraction of sp³-hybridized carbons (Fsp3) is 0.409. The van der Waals surface area contributed by atoms with Gasteiger partial charge in [0.1, 0.15) is 5.82 Å². The van der Waals surface area contributed by atoms with Gasteiger partial charge in [0.2, 0.25) is 11.8 Å². The second-order valence-corrected chi connectivity index (χ2v) is 7.91. The lowest BCUT2D eigenvalue weighted by Crippen LogP contribution is -2.30. The highest BCUT2D eigenvalue weighted by Crippen LogP contribution is 2.33. The van der Waals surface area contributed by atoms with Gasteiger partial charge in [-0.25, -0.2) is 13.8 Å². The fourth-order valence-corrected chi connectivity index (χ4v) is 4.09. The number of alkyl halides is 2. The number of pyridine rings is 1. The number of carbonyl (C=O) groups excluding carboxylic acids is 2. The van der Waals surface area contributed by atoms with Gasteiger partial charge >= 0.3 is 0 Å². The maximum atomic E-state index is 13.9. The molecule has 30 heavy (non-hydrogen) atoms. The summed E-state index contributed by atoms with van der Waals surface area (Å²) in [7, 11) is 0. The Balaban J connectivity index is 1.66. The van der Waals surface area contributed by atoms with Crippen LogP contribution in [0.4, 0.5) is 20.3 Å². The van der Waals surface area contributed by atoms with Gasteiger partial charge in [0.05, 0.1) is 5.56 Å². The highest BCUT2D eigenvalue weighted by atomic mass is 19.3. The third-order valence-corrected chi connectivity index (χ3v) is 5.70. The summed E-state index contributed by atoms with van der Waals surface area (Å²) in [4.78, 5) is 31.1. The minimum absolute atomic E-state index is 0.149. The number of carbonyl (C=O) groups is 2. The van der Waals surface area contributed by atoms with Crippen molar-refractivity contribution in [2.45, 2.75) is 44.4 Å². The first-order chi connectivity index (χ1) is 14.3. The van der Waals surface area contributed by atoms with Crippen LogP contribution in [0, 0.1) is 0 Å². The van der Waals surface area contributed by atoms with Gasteiger partial charge in [-0.2, -0.15) is 0 Å². The normalized spacial score (nSPS) is 17.9. The molecular formula is C22H24F2N4O2. The third-order valence-electron chi connectivity index (χ3n) is 5.70. The minimum Gasteiger partial charge on any atom is -0.366 e. The van der Waals surface area contributed by atoms with Gasteiger partial charge in [-0.15, -0.1) is 0 Å². The molecule has 1 aromatic heterocycles. The lowest BCUT2D eigenvalue weighted by molar-refractivity contribution is -0.0102. The van der Waals surface area contributed by atoms with Gasteiger partial charge in [0, 0.05) is 42.9 Å². The molecule has 158 valence electrons. The quantitative estimate of drug-likeness (QED) is 0.801. The average molecular weight is 414 g/mol. The zero-order valence-corrected chi connectivity index (χ0v) is 16.6. The number of aromatic nitrogens is 1. The van der Waals surface area contributed by atoms with Gasteiger partial charge < -0.3 is 16.0 Å². The molecule has 0 saturated carbocycles. The Morgan fingerprint density at radius 1 is 1.10 bits per heavy atom. The third kappa shape index (κ3) is 4.27. The van der Waals surface area contributed by atoms with Crippen LogP contribution in [0.15, 0.2) is 30.3 Å². The number of hydrogen-bond donors (Lipinski definition) is 2. The molecular weight excluding hydrogens is 390 g/mol. The Morgan fingerprint density at radius 2 is 1.93 bits per heavy atom. The predicted molar refractivity (Wildman–Crippen MR) is 110 cm³/mol. The van der Waals surface area contributed by atoms with Crippen molar-refractivity contribution in [3.05, 3.63) is 52.7 Å². The number of fused-ring (bicyclic) bond motifs is 1. The molecule has 2 heterocycles. The zero-order chi connectivity index (χ0) is 21.3. The highest BCUT2D eigenvalue weighted by Gasteiger charge is 2.33. The first-order valence-electron chi connectivity index (χ1n) is 10.2. The molecule has 2 amide bonds. The summed E-state index contributed by atoms with van der Waals surface area (Å²) in [5.41, 5.74) is 8.36. The molecule has 8 heteroatoms. The molecule has 1 aliphatic carbocycles. The number of nitrogens with one attached hydrogen (secondary N) is 1. The molecule has 1 saturated heterocycles. The van der Waals surface area contributed by atoms with Gasteiger partial charge in [0.25, 0.3) is 5.91 Å². The largest absolute Gasteiger partial charge is 0.366 e. The lowest BCUT2D eigenvalue weighted by atomic mass is 10.1. The van der Waals surface area contributed by atoms with Crippen molar-refractivity contribution in [1.29, 1.82) is 0 Å². The highest BCUT2D eigenvalue weighted by molar-refractivity contribution is 6.08. The fourth-order valence-electron chi connectivity index (χ4n) is 4.09. The number of nitrogens with two attached hydrogens (primary N) is 1. The number of hydrogen-bond acceptors (Lipinski definition) is 4. The molecule has 0 spiro atoms. The first kappa shape index (κ1) is 20.3. The second kappa shape index (κ2) is 8.01. The van der Waals surface area contributed by atoms with Gasteiger partial charge in [0.15, 0.2) is 0 Å². The molecule has 3 N–H and O–H groups in total. The number of anilines is 2. The second-order valence-electron chi connectivity index (χ2n) is 7.91. The zero-order valence-electron chi connectivity index (χ0n) is 16.6. The van der Waals surface area contributed by atoms with E-state index in [0.29, 0.717) is 30.0 Å². The van der Waals surface area contributed by atoms with E-state index in [0.717, 1.165) is 30.5 Å². The molecule has 4 rings (SSSR count). The SMILES string of the molecule is NC(=O)c1cccc(NC(=O)c2cc3c(nc2N2CCCC(F)(F)CC2)CCC3)c1. The number of benzene rings is 1. The van der Waals surface area contributed by atoms with E-state index < -0.39 is 11.8 Å². The van der Waals surface area contributed by atoms with Crippen LogP contribution in [0.25, 0.3) is 0 Å². The molecule has 1 fully saturated rings. The Labute approximate surface area is 173 Å². The summed E-state index contributed by atoms with van der Waals surface area (Å²) in [6.45, 7) is 0.578. The van der Waals surface area contributed by atoms with E-state index >= 15 is 0 Å². The number of nitrogens with zero attached hydrogens (tertiary/aromatic N) is 2. The minimum atomic E-state index is -2.69. The van der Waals surface area contributed by atoms with Crippen LogP contribution in [-0.4, -0.2) is 35.8 Å². The summed E-state index contributed by atoms with van der Waals surface area (Å²) in [6, 6.07) is 8.21. The van der Waals surface area contributed by atoms with Crippen molar-refractivity contribution in [3.63, 3.8) is 0 Å². The molecule has 0 bridgehead atoms. The molecule has 0 radical (unpaired) electrons. The maximum Gasteiger partial charge on any atom is 0.259 e. The molecule has 2 aliphatic rings. The van der Waals surface area contributed by atoms with Crippen LogP contribution >= 0.6 is 0 Å². The van der Waals surface area contributed by atoms with Crippen molar-refractivity contribution in [3.8, 4) is 0 Å². The standard InChI is InChI=1S/C22H24F2N4O2/c23-22(24)8-3-10-28(11-9-22)20-17(13-14-4-2-7-18(14)27-20)21(30)26-16-6-1-5-15(12-16)19(25)29/h1,5-6,12-13H,2-4,7-11H2,(H2,25,29)(H,26,30). The van der Waals surface area contributed by atoms with E-state index in [1.54, 1.807) is 23.1 Å². The number of halogens is 2. The summed E-state index contributed by atoms with van der Waals surface area (Å²) in [5, 5.41) is 2.79. The van der Waals surface area contributed by atoms with E-state index in [4.69, 9.17) is 10.7 Å². The van der Waals surface area contributed by atoms with Crippen molar-refractivity contribution >= 4 is 23.3 Å². The van der Waals surface area contributed by atoms with Crippen molar-refractivity contribution < 1.29 is 18.4 Å². The van der Waals surface area contributed by atoms with E-state index in [1.807, 2.05) is 6.07 Å². The van der Waals surface area contributed by atoms with E-state index in [2.05, 4.69) is 5.32 Å². The molecule has 1 aromatic carbocycles. The van der Waals surface area contributed by atoms with E-state index in [9.17, 15) is 18.4 Å². The van der Waals surface area contributed by atoms with E-state index in [1.165, 1.54) is 6.07 Å². The van der Waals surface area contributed by atoms with Crippen molar-refractivity contribution in [2.24, 2.45) is 5.73 Å². The Kier molecular flexibility index (Phi) is 5.40. The topological polar surface area (TPSA) is 88.3 Å². The molecule has 6 nitrogen and oxygen atoms in total. The summed E-state index contributed by atoms with van der Waals surface area (Å²) in [5.74, 6) is -3.21. The first-order valence-corrected chi connectivity index (χ1v) is 10.2. The van der Waals surface area contributed by atoms with Gasteiger partial charge in [-0.3, -0.25) is 9.59 Å². The van der Waals surface area contributed by atoms with Crippen molar-refractivity contribution in [1.82, 2.24) is 4.98 Å². The van der Waals surface area contributed by atoms with Gasteiger partial charge in [-0.05, 0) is 55.5 Å². The monoisotopic (exact) mass is 414 g/mol. The van der Waals surface area contributed by atoms with E-state index in [-0.39, 0.29) is 30.9 Å². The number of amides is 2. The average Bonchev–Trinajstić information content (AvgIpc) is 3.09. The Bertz CT molecular complexity index is 993. The van der Waals surface area contributed by atoms with Crippen molar-refractivity contribution in [2.75, 3.05) is 23.3 Å². The van der Waals surface area contributed by atoms with Crippen LogP contribution in [0.1, 0.15) is 57.7 Å². The summed E-state index contributed by atoms with van der Waals surface area (Å²) < 4.78 is 27.7. The van der Waals surface area contributed by atoms with Crippen LogP contribution < -0.4 is 16.0 Å². The molecule has 0 unspecified atom stereocenters. The number of aryl methyl sites for hydroxylation is 2. The number of rotatable bonds is 4. The van der Waals surface area contributed by atoms with Gasteiger partial charge in [-0.1, -0.05) is 6.07 Å². The summed E-state index contributed by atoms with van der Waals surface area (Å²) >= 11 is 0. The Morgan fingerprint density at radius 3 is 2.73 bits per heavy atom. The van der Waals surface area contributed by atoms with Crippen LogP contribution in [-0.2, 0) is 12.8 Å². The summed E-state index contributed by atoms with van der Waals surface area (Å²) in [6.07, 6.45) is 2.56. The van der Waals surface area contributed by atoms with Crippen LogP contribution in [0.5, 0.6) is 0 Å².